The summed E-state index contributed by atoms with van der Waals surface area (Å²) >= 11 is 13.5. The second-order valence-electron chi connectivity index (χ2n) is 3.92. The number of ether oxygens (including phenoxy) is 1. The average Bonchev–Trinajstić information content (AvgIpc) is 2.87. The van der Waals surface area contributed by atoms with Crippen molar-refractivity contribution < 1.29 is 4.74 Å². The summed E-state index contributed by atoms with van der Waals surface area (Å²) in [7, 11) is 1.69. The number of hydrogen-bond acceptors (Lipinski definition) is 4. The van der Waals surface area contributed by atoms with Gasteiger partial charge in [0, 0.05) is 31.1 Å². The minimum absolute atomic E-state index is 0.548. The van der Waals surface area contributed by atoms with Crippen molar-refractivity contribution >= 4 is 34.5 Å². The van der Waals surface area contributed by atoms with Crippen molar-refractivity contribution in [3.05, 3.63) is 38.6 Å². The number of hydrogen-bond donors (Lipinski definition) is 1. The van der Waals surface area contributed by atoms with E-state index in [2.05, 4.69) is 10.3 Å². The Morgan fingerprint density at radius 1 is 1.32 bits per heavy atom. The number of rotatable bonds is 6. The van der Waals surface area contributed by atoms with E-state index in [0.29, 0.717) is 16.7 Å². The van der Waals surface area contributed by atoms with Crippen molar-refractivity contribution in [2.75, 3.05) is 20.3 Å². The lowest BCUT2D eigenvalue weighted by atomic mass is 10.2. The van der Waals surface area contributed by atoms with Gasteiger partial charge in [-0.2, -0.15) is 0 Å². The molecule has 1 aromatic carbocycles. The van der Waals surface area contributed by atoms with E-state index in [9.17, 15) is 0 Å². The molecule has 0 saturated carbocycles. The van der Waals surface area contributed by atoms with Crippen LogP contribution in [0.25, 0.3) is 11.3 Å². The first-order chi connectivity index (χ1) is 9.20. The molecule has 0 atom stereocenters. The average molecular weight is 317 g/mol. The monoisotopic (exact) mass is 316 g/mol. The molecular weight excluding hydrogens is 303 g/mol. The van der Waals surface area contributed by atoms with Gasteiger partial charge in [0.25, 0.3) is 0 Å². The van der Waals surface area contributed by atoms with E-state index < -0.39 is 0 Å². The minimum atomic E-state index is 0.548. The Hall–Kier alpha value is -0.650. The van der Waals surface area contributed by atoms with Crippen LogP contribution in [0.5, 0.6) is 0 Å². The Kier molecular flexibility index (Phi) is 5.60. The molecule has 1 aromatic heterocycles. The van der Waals surface area contributed by atoms with Crippen LogP contribution in [0.15, 0.2) is 23.6 Å². The molecule has 2 rings (SSSR count). The first-order valence-corrected chi connectivity index (χ1v) is 7.43. The van der Waals surface area contributed by atoms with Crippen LogP contribution in [0, 0.1) is 0 Å². The summed E-state index contributed by atoms with van der Waals surface area (Å²) in [5.41, 5.74) is 1.90. The highest BCUT2D eigenvalue weighted by Gasteiger charge is 2.06. The molecule has 1 heterocycles. The Bertz CT molecular complexity index is 545. The summed E-state index contributed by atoms with van der Waals surface area (Å²) in [4.78, 5) is 4.56. The lowest BCUT2D eigenvalue weighted by molar-refractivity contribution is 0.199. The zero-order valence-corrected chi connectivity index (χ0v) is 12.8. The zero-order chi connectivity index (χ0) is 13.7. The number of halogens is 2. The van der Waals surface area contributed by atoms with E-state index in [1.165, 1.54) is 0 Å². The van der Waals surface area contributed by atoms with E-state index in [0.717, 1.165) is 29.4 Å². The quantitative estimate of drug-likeness (QED) is 0.822. The van der Waals surface area contributed by atoms with Crippen LogP contribution in [0.2, 0.25) is 10.0 Å². The molecule has 0 spiro atoms. The van der Waals surface area contributed by atoms with Crippen molar-refractivity contribution in [2.24, 2.45) is 0 Å². The Morgan fingerprint density at radius 3 is 2.89 bits per heavy atom. The lowest BCUT2D eigenvalue weighted by Gasteiger charge is -2.01. The molecule has 102 valence electrons. The van der Waals surface area contributed by atoms with E-state index in [1.54, 1.807) is 24.5 Å². The smallest absolute Gasteiger partial charge is 0.107 e. The molecule has 3 nitrogen and oxygen atoms in total. The van der Waals surface area contributed by atoms with Crippen LogP contribution < -0.4 is 5.32 Å². The largest absolute Gasteiger partial charge is 0.383 e. The van der Waals surface area contributed by atoms with Gasteiger partial charge in [0.1, 0.15) is 5.01 Å². The maximum Gasteiger partial charge on any atom is 0.107 e. The minimum Gasteiger partial charge on any atom is -0.383 e. The lowest BCUT2D eigenvalue weighted by Crippen LogP contribution is -2.18. The van der Waals surface area contributed by atoms with E-state index in [4.69, 9.17) is 27.9 Å². The third-order valence-corrected chi connectivity index (χ3v) is 4.11. The molecular formula is C13H14Cl2N2OS. The second kappa shape index (κ2) is 7.22. The van der Waals surface area contributed by atoms with E-state index >= 15 is 0 Å². The van der Waals surface area contributed by atoms with Gasteiger partial charge in [0.2, 0.25) is 0 Å². The third-order valence-electron chi connectivity index (χ3n) is 2.53. The highest BCUT2D eigenvalue weighted by atomic mass is 35.5. The van der Waals surface area contributed by atoms with Crippen molar-refractivity contribution in [3.8, 4) is 11.3 Å². The zero-order valence-electron chi connectivity index (χ0n) is 10.5. The van der Waals surface area contributed by atoms with E-state index in [-0.39, 0.29) is 0 Å². The predicted octanol–water partition coefficient (Wildman–Crippen LogP) is 3.85. The number of benzene rings is 1. The molecule has 0 aliphatic carbocycles. The van der Waals surface area contributed by atoms with Crippen LogP contribution in [0.1, 0.15) is 5.01 Å². The second-order valence-corrected chi connectivity index (χ2v) is 5.68. The number of nitrogens with one attached hydrogen (secondary N) is 1. The molecule has 0 aliphatic heterocycles. The fraction of sp³-hybridized carbons (Fsp3) is 0.308. The third kappa shape index (κ3) is 4.16. The molecule has 0 radical (unpaired) electrons. The summed E-state index contributed by atoms with van der Waals surface area (Å²) in [6, 6.07) is 5.54. The Morgan fingerprint density at radius 2 is 2.16 bits per heavy atom. The standard InChI is InChI=1S/C13H14Cl2N2OS/c1-18-5-4-16-7-13-17-12(8-19-13)9-2-3-10(14)11(15)6-9/h2-3,6,8,16H,4-5,7H2,1H3. The van der Waals surface area contributed by atoms with Crippen LogP contribution in [0.3, 0.4) is 0 Å². The predicted molar refractivity (Wildman–Crippen MR) is 81.2 cm³/mol. The topological polar surface area (TPSA) is 34.1 Å². The van der Waals surface area contributed by atoms with Gasteiger partial charge in [-0.1, -0.05) is 29.3 Å². The van der Waals surface area contributed by atoms with Gasteiger partial charge in [-0.05, 0) is 12.1 Å². The molecule has 0 aliphatic rings. The van der Waals surface area contributed by atoms with Crippen LogP contribution in [-0.4, -0.2) is 25.2 Å². The first kappa shape index (κ1) is 14.8. The Balaban J connectivity index is 2.01. The summed E-state index contributed by atoms with van der Waals surface area (Å²) in [6.45, 7) is 2.26. The number of methoxy groups -OCH3 is 1. The summed E-state index contributed by atoms with van der Waals surface area (Å²) in [6.07, 6.45) is 0. The number of thiazole rings is 1. The maximum absolute atomic E-state index is 6.01. The van der Waals surface area contributed by atoms with Crippen LogP contribution in [-0.2, 0) is 11.3 Å². The van der Waals surface area contributed by atoms with Crippen LogP contribution >= 0.6 is 34.5 Å². The van der Waals surface area contributed by atoms with Gasteiger partial charge in [-0.3, -0.25) is 0 Å². The SMILES string of the molecule is COCCNCc1nc(-c2ccc(Cl)c(Cl)c2)cs1. The normalized spacial score (nSPS) is 10.9. The summed E-state index contributed by atoms with van der Waals surface area (Å²) < 4.78 is 4.97. The number of aromatic nitrogens is 1. The highest BCUT2D eigenvalue weighted by Crippen LogP contribution is 2.29. The van der Waals surface area contributed by atoms with Gasteiger partial charge in [-0.25, -0.2) is 4.98 Å². The van der Waals surface area contributed by atoms with Gasteiger partial charge in [0.05, 0.1) is 22.3 Å². The van der Waals surface area contributed by atoms with Crippen molar-refractivity contribution in [2.45, 2.75) is 6.54 Å². The van der Waals surface area contributed by atoms with Gasteiger partial charge >= 0.3 is 0 Å². The Labute approximate surface area is 126 Å². The molecule has 0 saturated heterocycles. The summed E-state index contributed by atoms with van der Waals surface area (Å²) in [5, 5.41) is 7.43. The van der Waals surface area contributed by atoms with Gasteiger partial charge in [0.15, 0.2) is 0 Å². The van der Waals surface area contributed by atoms with Crippen molar-refractivity contribution in [3.63, 3.8) is 0 Å². The molecule has 19 heavy (non-hydrogen) atoms. The molecule has 2 aromatic rings. The van der Waals surface area contributed by atoms with E-state index in [1.807, 2.05) is 17.5 Å². The first-order valence-electron chi connectivity index (χ1n) is 5.80. The van der Waals surface area contributed by atoms with Crippen LogP contribution in [0.4, 0.5) is 0 Å². The molecule has 0 unspecified atom stereocenters. The molecule has 0 bridgehead atoms. The molecule has 0 amide bonds. The molecule has 0 fully saturated rings. The molecule has 1 N–H and O–H groups in total. The van der Waals surface area contributed by atoms with Gasteiger partial charge < -0.3 is 10.1 Å². The summed E-state index contributed by atoms with van der Waals surface area (Å²) in [5.74, 6) is 0. The van der Waals surface area contributed by atoms with Crippen molar-refractivity contribution in [1.29, 1.82) is 0 Å². The fourth-order valence-electron chi connectivity index (χ4n) is 1.55. The highest BCUT2D eigenvalue weighted by molar-refractivity contribution is 7.09. The maximum atomic E-state index is 6.01. The fourth-order valence-corrected chi connectivity index (χ4v) is 2.62. The van der Waals surface area contributed by atoms with Crippen molar-refractivity contribution in [1.82, 2.24) is 10.3 Å². The van der Waals surface area contributed by atoms with Gasteiger partial charge in [-0.15, -0.1) is 11.3 Å². The number of nitrogens with zero attached hydrogens (tertiary/aromatic N) is 1. The molecule has 6 heteroatoms.